The second kappa shape index (κ2) is 17.0. The number of nitrogens with zero attached hydrogens (tertiary/aromatic N) is 5. The lowest BCUT2D eigenvalue weighted by molar-refractivity contribution is -0.150. The van der Waals surface area contributed by atoms with Gasteiger partial charge in [0.1, 0.15) is 29.1 Å². The fourth-order valence-electron chi connectivity index (χ4n) is 6.57. The van der Waals surface area contributed by atoms with E-state index in [-0.39, 0.29) is 42.2 Å². The third-order valence-electron chi connectivity index (χ3n) is 9.32. The lowest BCUT2D eigenvalue weighted by atomic mass is 10.0. The van der Waals surface area contributed by atoms with Crippen LogP contribution in [-0.4, -0.2) is 92.2 Å². The number of hydrogen-bond donors (Lipinski definition) is 4. The van der Waals surface area contributed by atoms with Gasteiger partial charge in [0.05, 0.1) is 24.0 Å². The molecule has 2 aliphatic heterocycles. The number of benzene rings is 1. The molecule has 0 saturated carbocycles. The van der Waals surface area contributed by atoms with E-state index in [0.29, 0.717) is 43.1 Å². The number of nitrogens with one attached hydrogen (secondary N) is 4. The van der Waals surface area contributed by atoms with Crippen LogP contribution in [0.3, 0.4) is 0 Å². The van der Waals surface area contributed by atoms with Gasteiger partial charge >= 0.3 is 0 Å². The largest absolute Gasteiger partial charge is 0.483 e. The number of fused-ring (bicyclic) bond motifs is 1. The smallest absolute Gasteiger partial charge is 0.265 e. The molecule has 1 atom stereocenters. The second-order valence-electron chi connectivity index (χ2n) is 13.2. The van der Waals surface area contributed by atoms with Crippen LogP contribution in [-0.2, 0) is 33.5 Å². The number of imidazole rings is 1. The Bertz CT molecular complexity index is 2270. The lowest BCUT2D eigenvalue weighted by Crippen LogP contribution is -2.54. The van der Waals surface area contributed by atoms with Crippen LogP contribution in [0.2, 0.25) is 0 Å². The first-order valence-electron chi connectivity index (χ1n) is 18.0. The van der Waals surface area contributed by atoms with Gasteiger partial charge in [-0.1, -0.05) is 42.1 Å². The number of aryl methyl sites for hydroxylation is 2. The van der Waals surface area contributed by atoms with Gasteiger partial charge in [-0.05, 0) is 51.7 Å². The Labute approximate surface area is 321 Å². The summed E-state index contributed by atoms with van der Waals surface area (Å²) in [5, 5.41) is 15.0. The van der Waals surface area contributed by atoms with Gasteiger partial charge in [-0.25, -0.2) is 4.98 Å². The number of carbonyl (C=O) groups is 6. The maximum Gasteiger partial charge on any atom is 0.265 e. The summed E-state index contributed by atoms with van der Waals surface area (Å²) < 4.78 is 12.8. The van der Waals surface area contributed by atoms with Gasteiger partial charge in [-0.2, -0.15) is 0 Å². The summed E-state index contributed by atoms with van der Waals surface area (Å²) in [5.74, 6) is -2.02. The summed E-state index contributed by atoms with van der Waals surface area (Å²) >= 11 is 0. The van der Waals surface area contributed by atoms with Crippen molar-refractivity contribution < 1.29 is 38.0 Å². The quantitative estimate of drug-likeness (QED) is 0.0561. The van der Waals surface area contributed by atoms with Gasteiger partial charge in [0.25, 0.3) is 17.7 Å². The molecule has 1 saturated heterocycles. The molecule has 0 spiro atoms. The molecule has 17 heteroatoms. The molecule has 0 aliphatic carbocycles. The molecule has 1 unspecified atom stereocenters. The van der Waals surface area contributed by atoms with Crippen molar-refractivity contribution in [3.63, 3.8) is 0 Å². The van der Waals surface area contributed by atoms with Crippen LogP contribution in [0.15, 0.2) is 83.0 Å². The molecule has 0 radical (unpaired) electrons. The minimum absolute atomic E-state index is 0.00971. The van der Waals surface area contributed by atoms with Crippen molar-refractivity contribution in [3.05, 3.63) is 89.9 Å². The van der Waals surface area contributed by atoms with Crippen LogP contribution in [0.1, 0.15) is 44.1 Å². The SMILES string of the molecule is C=C/C=C(/OCC(=O)NCCCCNC(=O)CNc1c(-c2ccc(-c3c(C)noc3C)cc2)nc2cnccn12)C1=C(C)C(=O)N(C2CCC(=O)NC2=O)C1=O. The molecule has 4 aromatic rings. The summed E-state index contributed by atoms with van der Waals surface area (Å²) in [5.41, 5.74) is 4.80. The van der Waals surface area contributed by atoms with Crippen LogP contribution in [0.5, 0.6) is 0 Å². The first kappa shape index (κ1) is 38.8. The van der Waals surface area contributed by atoms with Gasteiger partial charge in [-0.3, -0.25) is 48.4 Å². The number of allylic oxidation sites excluding steroid dienone is 2. The minimum atomic E-state index is -1.13. The average molecular weight is 764 g/mol. The number of imide groups is 2. The van der Waals surface area contributed by atoms with Crippen molar-refractivity contribution in [1.82, 2.24) is 40.4 Å². The molecule has 6 amide bonds. The number of hydrogen-bond acceptors (Lipinski definition) is 12. The van der Waals surface area contributed by atoms with Crippen LogP contribution < -0.4 is 21.3 Å². The van der Waals surface area contributed by atoms with E-state index in [2.05, 4.69) is 38.0 Å². The monoisotopic (exact) mass is 763 g/mol. The number of rotatable bonds is 16. The molecular formula is C39H41N9O8. The van der Waals surface area contributed by atoms with E-state index < -0.39 is 42.2 Å². The average Bonchev–Trinajstić information content (AvgIpc) is 3.80. The molecule has 0 bridgehead atoms. The van der Waals surface area contributed by atoms with Gasteiger partial charge < -0.3 is 25.2 Å². The van der Waals surface area contributed by atoms with Crippen molar-refractivity contribution in [2.24, 2.45) is 0 Å². The summed E-state index contributed by atoms with van der Waals surface area (Å²) in [7, 11) is 0. The summed E-state index contributed by atoms with van der Waals surface area (Å²) in [6.45, 7) is 9.02. The number of ether oxygens (including phenoxy) is 1. The fraction of sp³-hybridized carbons (Fsp3) is 0.308. The molecule has 2 aliphatic rings. The van der Waals surface area contributed by atoms with Gasteiger partial charge in [-0.15, -0.1) is 0 Å². The van der Waals surface area contributed by atoms with E-state index in [1.807, 2.05) is 42.5 Å². The number of carbonyl (C=O) groups excluding carboxylic acids is 6. The Morgan fingerprint density at radius 3 is 2.41 bits per heavy atom. The van der Waals surface area contributed by atoms with E-state index in [1.165, 1.54) is 19.1 Å². The first-order chi connectivity index (χ1) is 27.0. The molecule has 4 N–H and O–H groups in total. The van der Waals surface area contributed by atoms with Crippen LogP contribution in [0.25, 0.3) is 28.0 Å². The van der Waals surface area contributed by atoms with E-state index in [1.54, 1.807) is 18.6 Å². The molecule has 5 heterocycles. The van der Waals surface area contributed by atoms with Crippen molar-refractivity contribution in [1.29, 1.82) is 0 Å². The molecule has 6 rings (SSSR count). The van der Waals surface area contributed by atoms with E-state index in [4.69, 9.17) is 14.2 Å². The van der Waals surface area contributed by atoms with Crippen molar-refractivity contribution in [2.75, 3.05) is 31.6 Å². The lowest BCUT2D eigenvalue weighted by Gasteiger charge is -2.28. The summed E-state index contributed by atoms with van der Waals surface area (Å²) in [4.78, 5) is 85.4. The topological polar surface area (TPSA) is 219 Å². The standard InChI is InChI=1S/C39H41N9O8/c1-5-8-28(33-22(2)38(53)48(39(33)54)27-13-14-30(49)45-37(27)52)55-21-32(51)42-16-7-6-15-41-31(50)20-43-36-35(44-29-19-40-17-18-47(29)36)26-11-9-25(10-12-26)34-23(3)46-56-24(34)4/h5,8-12,17-19,27,43H,1,6-7,13-16,20-21H2,2-4H3,(H,41,50)(H,42,51)(H,45,49,52)/b28-8+. The number of unbranched alkanes of at least 4 members (excludes halogenated alkanes) is 1. The Morgan fingerprint density at radius 1 is 1.02 bits per heavy atom. The molecule has 17 nitrogen and oxygen atoms in total. The minimum Gasteiger partial charge on any atom is -0.483 e. The zero-order chi connectivity index (χ0) is 39.9. The molecular weight excluding hydrogens is 722 g/mol. The summed E-state index contributed by atoms with van der Waals surface area (Å²) in [6.07, 6.45) is 8.90. The number of piperidine rings is 1. The highest BCUT2D eigenvalue weighted by molar-refractivity contribution is 6.23. The maximum atomic E-state index is 13.3. The number of anilines is 1. The van der Waals surface area contributed by atoms with Gasteiger partial charge in [0.2, 0.25) is 17.7 Å². The third-order valence-corrected chi connectivity index (χ3v) is 9.32. The maximum absolute atomic E-state index is 13.3. The molecule has 1 aromatic carbocycles. The molecule has 56 heavy (non-hydrogen) atoms. The van der Waals surface area contributed by atoms with Crippen LogP contribution in [0, 0.1) is 13.8 Å². The van der Waals surface area contributed by atoms with E-state index in [9.17, 15) is 28.8 Å². The Kier molecular flexibility index (Phi) is 11.8. The normalized spacial score (nSPS) is 16.0. The Hall–Kier alpha value is -6.91. The Balaban J connectivity index is 0.945. The van der Waals surface area contributed by atoms with Gasteiger partial charge in [0.15, 0.2) is 12.3 Å². The first-order valence-corrected chi connectivity index (χ1v) is 18.0. The second-order valence-corrected chi connectivity index (χ2v) is 13.2. The zero-order valence-corrected chi connectivity index (χ0v) is 31.1. The van der Waals surface area contributed by atoms with Crippen molar-refractivity contribution >= 4 is 46.9 Å². The van der Waals surface area contributed by atoms with Crippen LogP contribution in [0.4, 0.5) is 5.82 Å². The molecule has 290 valence electrons. The predicted octanol–water partition coefficient (Wildman–Crippen LogP) is 2.67. The highest BCUT2D eigenvalue weighted by Crippen LogP contribution is 2.33. The van der Waals surface area contributed by atoms with Gasteiger partial charge in [0, 0.05) is 48.6 Å². The zero-order valence-electron chi connectivity index (χ0n) is 31.1. The van der Waals surface area contributed by atoms with Crippen molar-refractivity contribution in [3.8, 4) is 22.4 Å². The van der Waals surface area contributed by atoms with Crippen LogP contribution >= 0.6 is 0 Å². The Morgan fingerprint density at radius 2 is 1.73 bits per heavy atom. The molecule has 3 aromatic heterocycles. The van der Waals surface area contributed by atoms with Crippen molar-refractivity contribution in [2.45, 2.75) is 52.5 Å². The fourth-order valence-corrected chi connectivity index (χ4v) is 6.57. The molecule has 1 fully saturated rings. The highest BCUT2D eigenvalue weighted by Gasteiger charge is 2.46. The highest BCUT2D eigenvalue weighted by atomic mass is 16.5. The summed E-state index contributed by atoms with van der Waals surface area (Å²) in [6, 6.07) is 6.74. The third kappa shape index (κ3) is 8.25. The number of amides is 6. The van der Waals surface area contributed by atoms with E-state index >= 15 is 0 Å². The van der Waals surface area contributed by atoms with E-state index in [0.717, 1.165) is 33.0 Å². The predicted molar refractivity (Wildman–Crippen MR) is 202 cm³/mol. The number of aromatic nitrogens is 4.